The molecule has 1 aromatic heterocycles. The van der Waals surface area contributed by atoms with Crippen molar-refractivity contribution in [3.05, 3.63) is 18.2 Å². The molecular formula is C20H32BN3O4. The third kappa shape index (κ3) is 4.44. The van der Waals surface area contributed by atoms with Crippen molar-refractivity contribution in [3.63, 3.8) is 0 Å². The zero-order valence-electron chi connectivity index (χ0n) is 18.1. The van der Waals surface area contributed by atoms with E-state index in [1.54, 1.807) is 4.90 Å². The lowest BCUT2D eigenvalue weighted by Gasteiger charge is -2.36. The van der Waals surface area contributed by atoms with Crippen molar-refractivity contribution >= 4 is 24.6 Å². The Bertz CT molecular complexity index is 708. The molecule has 2 aliphatic heterocycles. The highest BCUT2D eigenvalue weighted by Crippen LogP contribution is 2.36. The summed E-state index contributed by atoms with van der Waals surface area (Å²) in [5.41, 5.74) is -0.499. The SMILES string of the molecule is CC(C)(C)OC(=O)N1CCN(c2cccc(B3OC(C)(C)C(C)(C)O3)n2)CC1. The second-order valence-electron chi connectivity index (χ2n) is 9.46. The van der Waals surface area contributed by atoms with E-state index in [2.05, 4.69) is 4.90 Å². The van der Waals surface area contributed by atoms with Gasteiger partial charge in [0.1, 0.15) is 11.4 Å². The number of rotatable bonds is 2. The lowest BCUT2D eigenvalue weighted by molar-refractivity contribution is 0.00578. The summed E-state index contributed by atoms with van der Waals surface area (Å²) < 4.78 is 17.7. The van der Waals surface area contributed by atoms with Gasteiger partial charge in [-0.3, -0.25) is 0 Å². The fourth-order valence-corrected chi connectivity index (χ4v) is 3.16. The molecule has 3 heterocycles. The summed E-state index contributed by atoms with van der Waals surface area (Å²) in [6, 6.07) is 5.89. The van der Waals surface area contributed by atoms with E-state index < -0.39 is 23.9 Å². The lowest BCUT2D eigenvalue weighted by atomic mass is 9.84. The number of hydrogen-bond acceptors (Lipinski definition) is 6. The maximum Gasteiger partial charge on any atom is 0.514 e. The van der Waals surface area contributed by atoms with Crippen LogP contribution in [0.25, 0.3) is 0 Å². The monoisotopic (exact) mass is 389 g/mol. The minimum absolute atomic E-state index is 0.258. The number of hydrogen-bond donors (Lipinski definition) is 0. The summed E-state index contributed by atoms with van der Waals surface area (Å²) in [5, 5.41) is 0. The second-order valence-corrected chi connectivity index (χ2v) is 9.46. The Kier molecular flexibility index (Phi) is 5.40. The number of aromatic nitrogens is 1. The molecule has 0 aromatic carbocycles. The molecule has 0 saturated carbocycles. The first kappa shape index (κ1) is 20.9. The first-order chi connectivity index (χ1) is 12.9. The van der Waals surface area contributed by atoms with Crippen molar-refractivity contribution in [1.82, 2.24) is 9.88 Å². The Morgan fingerprint density at radius 1 is 1.07 bits per heavy atom. The van der Waals surface area contributed by atoms with Crippen molar-refractivity contribution in [1.29, 1.82) is 0 Å². The molecule has 0 atom stereocenters. The highest BCUT2D eigenvalue weighted by molar-refractivity contribution is 6.61. The zero-order chi connectivity index (χ0) is 20.7. The number of carbonyl (C=O) groups is 1. The van der Waals surface area contributed by atoms with Crippen LogP contribution < -0.4 is 10.5 Å². The molecule has 0 bridgehead atoms. The molecule has 154 valence electrons. The molecule has 1 amide bonds. The first-order valence-corrected chi connectivity index (χ1v) is 9.93. The Labute approximate surface area is 168 Å². The first-order valence-electron chi connectivity index (χ1n) is 9.93. The van der Waals surface area contributed by atoms with Crippen LogP contribution in [-0.2, 0) is 14.0 Å². The van der Waals surface area contributed by atoms with E-state index in [1.807, 2.05) is 66.7 Å². The predicted octanol–water partition coefficient (Wildman–Crippen LogP) is 2.44. The number of carbonyl (C=O) groups excluding carboxylic acids is 1. The van der Waals surface area contributed by atoms with E-state index >= 15 is 0 Å². The Hall–Kier alpha value is -1.80. The normalized spacial score (nSPS) is 21.8. The van der Waals surface area contributed by atoms with Crippen LogP contribution in [0.5, 0.6) is 0 Å². The van der Waals surface area contributed by atoms with Crippen molar-refractivity contribution in [2.75, 3.05) is 31.1 Å². The average molecular weight is 389 g/mol. The van der Waals surface area contributed by atoms with Crippen molar-refractivity contribution in [2.45, 2.75) is 65.3 Å². The lowest BCUT2D eigenvalue weighted by Crippen LogP contribution is -2.50. The van der Waals surface area contributed by atoms with Crippen LogP contribution in [0.3, 0.4) is 0 Å². The number of anilines is 1. The van der Waals surface area contributed by atoms with Crippen molar-refractivity contribution in [2.24, 2.45) is 0 Å². The van der Waals surface area contributed by atoms with Crippen LogP contribution >= 0.6 is 0 Å². The number of nitrogens with zero attached hydrogens (tertiary/aromatic N) is 3. The van der Waals surface area contributed by atoms with Crippen molar-refractivity contribution < 1.29 is 18.8 Å². The standard InChI is InChI=1S/C20H32BN3O4/c1-18(2,3)26-17(25)24-13-11-23(12-14-24)16-10-8-9-15(22-16)21-27-19(4,5)20(6,7)28-21/h8-10H,11-14H2,1-7H3. The second kappa shape index (κ2) is 7.23. The van der Waals surface area contributed by atoms with Crippen LogP contribution in [0.2, 0.25) is 0 Å². The molecule has 2 fully saturated rings. The van der Waals surface area contributed by atoms with Gasteiger partial charge in [-0.2, -0.15) is 0 Å². The van der Waals surface area contributed by atoms with E-state index in [9.17, 15) is 4.79 Å². The topological polar surface area (TPSA) is 64.1 Å². The fourth-order valence-electron chi connectivity index (χ4n) is 3.16. The van der Waals surface area contributed by atoms with E-state index in [4.69, 9.17) is 19.0 Å². The number of piperazine rings is 1. The van der Waals surface area contributed by atoms with E-state index in [-0.39, 0.29) is 6.09 Å². The minimum Gasteiger partial charge on any atom is -0.444 e. The van der Waals surface area contributed by atoms with Gasteiger partial charge in [-0.05, 0) is 60.6 Å². The molecule has 0 unspecified atom stereocenters. The zero-order valence-corrected chi connectivity index (χ0v) is 18.1. The molecule has 0 aliphatic carbocycles. The van der Waals surface area contributed by atoms with Crippen molar-refractivity contribution in [3.8, 4) is 0 Å². The quantitative estimate of drug-likeness (QED) is 0.724. The van der Waals surface area contributed by atoms with Gasteiger partial charge in [-0.1, -0.05) is 6.07 Å². The third-order valence-electron chi connectivity index (χ3n) is 5.51. The van der Waals surface area contributed by atoms with Gasteiger partial charge in [0.15, 0.2) is 0 Å². The Morgan fingerprint density at radius 2 is 1.64 bits per heavy atom. The molecular weight excluding hydrogens is 357 g/mol. The number of amides is 1. The number of ether oxygens (including phenoxy) is 1. The molecule has 0 radical (unpaired) electrons. The largest absolute Gasteiger partial charge is 0.514 e. The van der Waals surface area contributed by atoms with Gasteiger partial charge >= 0.3 is 13.2 Å². The van der Waals surface area contributed by atoms with Crippen LogP contribution in [0, 0.1) is 0 Å². The Balaban J connectivity index is 1.64. The maximum absolute atomic E-state index is 12.2. The van der Waals surface area contributed by atoms with Crippen LogP contribution in [0.15, 0.2) is 18.2 Å². The predicted molar refractivity (Wildman–Crippen MR) is 110 cm³/mol. The van der Waals surface area contributed by atoms with Gasteiger partial charge in [-0.15, -0.1) is 0 Å². The van der Waals surface area contributed by atoms with Crippen LogP contribution in [0.4, 0.5) is 10.6 Å². The average Bonchev–Trinajstić information content (AvgIpc) is 2.81. The van der Waals surface area contributed by atoms with Gasteiger partial charge in [0.25, 0.3) is 0 Å². The van der Waals surface area contributed by atoms with Crippen LogP contribution in [0.1, 0.15) is 48.5 Å². The third-order valence-corrected chi connectivity index (χ3v) is 5.51. The maximum atomic E-state index is 12.2. The molecule has 1 aromatic rings. The van der Waals surface area contributed by atoms with E-state index in [0.29, 0.717) is 26.2 Å². The minimum atomic E-state index is -0.479. The molecule has 0 N–H and O–H groups in total. The summed E-state index contributed by atoms with van der Waals surface area (Å²) in [6.07, 6.45) is -0.258. The van der Waals surface area contributed by atoms with E-state index in [0.717, 1.165) is 11.4 Å². The molecule has 8 heteroatoms. The van der Waals surface area contributed by atoms with Crippen LogP contribution in [-0.4, -0.2) is 66.1 Å². The van der Waals surface area contributed by atoms with Gasteiger partial charge < -0.3 is 23.8 Å². The molecule has 28 heavy (non-hydrogen) atoms. The molecule has 3 rings (SSSR count). The van der Waals surface area contributed by atoms with Gasteiger partial charge in [-0.25, -0.2) is 9.78 Å². The molecule has 2 saturated heterocycles. The number of pyridine rings is 1. The summed E-state index contributed by atoms with van der Waals surface area (Å²) >= 11 is 0. The molecule has 2 aliphatic rings. The summed E-state index contributed by atoms with van der Waals surface area (Å²) in [7, 11) is -0.479. The summed E-state index contributed by atoms with van der Waals surface area (Å²) in [5.74, 6) is 0.871. The smallest absolute Gasteiger partial charge is 0.444 e. The molecule has 0 spiro atoms. The highest BCUT2D eigenvalue weighted by Gasteiger charge is 2.52. The van der Waals surface area contributed by atoms with Gasteiger partial charge in [0.05, 0.1) is 16.8 Å². The van der Waals surface area contributed by atoms with Gasteiger partial charge in [0, 0.05) is 26.2 Å². The molecule has 7 nitrogen and oxygen atoms in total. The van der Waals surface area contributed by atoms with E-state index in [1.165, 1.54) is 0 Å². The van der Waals surface area contributed by atoms with Gasteiger partial charge in [0.2, 0.25) is 0 Å². The fraction of sp³-hybridized carbons (Fsp3) is 0.700. The highest BCUT2D eigenvalue weighted by atomic mass is 16.7. The summed E-state index contributed by atoms with van der Waals surface area (Å²) in [6.45, 7) is 16.4. The summed E-state index contributed by atoms with van der Waals surface area (Å²) in [4.78, 5) is 20.9. The Morgan fingerprint density at radius 3 is 2.18 bits per heavy atom.